The smallest absolute Gasteiger partial charge is 0.265 e. The van der Waals surface area contributed by atoms with Crippen LogP contribution in [0.1, 0.15) is 20.8 Å². The van der Waals surface area contributed by atoms with E-state index in [2.05, 4.69) is 5.32 Å². The first-order valence-electron chi connectivity index (χ1n) is 9.66. The molecule has 8 nitrogen and oxygen atoms in total. The third-order valence-corrected chi connectivity index (χ3v) is 5.00. The molecule has 9 heteroatoms. The zero-order valence-corrected chi connectivity index (χ0v) is 17.8. The van der Waals surface area contributed by atoms with Gasteiger partial charge in [-0.1, -0.05) is 11.6 Å². The van der Waals surface area contributed by atoms with E-state index in [0.29, 0.717) is 49.2 Å². The van der Waals surface area contributed by atoms with Crippen LogP contribution in [0.5, 0.6) is 5.75 Å². The van der Waals surface area contributed by atoms with Crippen LogP contribution < -0.4 is 15.0 Å². The van der Waals surface area contributed by atoms with Crippen LogP contribution in [0.15, 0.2) is 18.2 Å². The normalized spacial score (nSPS) is 17.6. The fourth-order valence-corrected chi connectivity index (χ4v) is 3.57. The SMILES string of the molecule is CC(C)(C)NC(=O)CN1CCN(C(=O)CN2C(=O)COc3ccc(Cl)cc32)CC1. The van der Waals surface area contributed by atoms with Gasteiger partial charge in [0.2, 0.25) is 11.8 Å². The van der Waals surface area contributed by atoms with Crippen molar-refractivity contribution in [3.63, 3.8) is 0 Å². The molecule has 2 aliphatic heterocycles. The van der Waals surface area contributed by atoms with Gasteiger partial charge in [-0.2, -0.15) is 0 Å². The molecule has 0 aliphatic carbocycles. The maximum atomic E-state index is 12.8. The third kappa shape index (κ3) is 5.61. The molecule has 0 spiro atoms. The lowest BCUT2D eigenvalue weighted by molar-refractivity contribution is -0.133. The summed E-state index contributed by atoms with van der Waals surface area (Å²) in [6.07, 6.45) is 0. The topological polar surface area (TPSA) is 82.2 Å². The molecule has 158 valence electrons. The Kier molecular flexibility index (Phi) is 6.33. The van der Waals surface area contributed by atoms with Gasteiger partial charge in [0.05, 0.1) is 12.2 Å². The molecule has 0 radical (unpaired) electrons. The van der Waals surface area contributed by atoms with Gasteiger partial charge in [-0.15, -0.1) is 0 Å². The minimum absolute atomic E-state index is 0.0234. The van der Waals surface area contributed by atoms with Crippen molar-refractivity contribution in [1.29, 1.82) is 0 Å². The third-order valence-electron chi connectivity index (χ3n) is 4.76. The lowest BCUT2D eigenvalue weighted by Crippen LogP contribution is -2.55. The van der Waals surface area contributed by atoms with Gasteiger partial charge < -0.3 is 15.0 Å². The van der Waals surface area contributed by atoms with Crippen molar-refractivity contribution < 1.29 is 19.1 Å². The number of benzene rings is 1. The fraction of sp³-hybridized carbons (Fsp3) is 0.550. The summed E-state index contributed by atoms with van der Waals surface area (Å²) in [7, 11) is 0. The van der Waals surface area contributed by atoms with E-state index in [1.807, 2.05) is 25.7 Å². The fourth-order valence-electron chi connectivity index (χ4n) is 3.40. The summed E-state index contributed by atoms with van der Waals surface area (Å²) in [6.45, 7) is 8.25. The molecule has 3 rings (SSSR count). The van der Waals surface area contributed by atoms with Crippen molar-refractivity contribution in [2.75, 3.05) is 50.8 Å². The van der Waals surface area contributed by atoms with Gasteiger partial charge in [-0.05, 0) is 39.0 Å². The second-order valence-corrected chi connectivity index (χ2v) is 8.77. The lowest BCUT2D eigenvalue weighted by Gasteiger charge is -2.36. The van der Waals surface area contributed by atoms with E-state index in [9.17, 15) is 14.4 Å². The number of ether oxygens (including phenoxy) is 1. The summed E-state index contributed by atoms with van der Waals surface area (Å²) < 4.78 is 5.41. The summed E-state index contributed by atoms with van der Waals surface area (Å²) in [5.74, 6) is 0.108. The molecule has 1 fully saturated rings. The number of amides is 3. The maximum Gasteiger partial charge on any atom is 0.265 e. The molecule has 0 bridgehead atoms. The Morgan fingerprint density at radius 1 is 1.14 bits per heavy atom. The highest BCUT2D eigenvalue weighted by atomic mass is 35.5. The van der Waals surface area contributed by atoms with Crippen LogP contribution in [0.3, 0.4) is 0 Å². The van der Waals surface area contributed by atoms with Crippen LogP contribution >= 0.6 is 11.6 Å². The average molecular weight is 423 g/mol. The number of carbonyl (C=O) groups excluding carboxylic acids is 3. The van der Waals surface area contributed by atoms with Gasteiger partial charge in [0, 0.05) is 36.7 Å². The van der Waals surface area contributed by atoms with Gasteiger partial charge in [-0.3, -0.25) is 24.2 Å². The molecular formula is C20H27ClN4O4. The van der Waals surface area contributed by atoms with E-state index in [1.54, 1.807) is 23.1 Å². The number of nitrogens with one attached hydrogen (secondary N) is 1. The van der Waals surface area contributed by atoms with Crippen molar-refractivity contribution in [1.82, 2.24) is 15.1 Å². The van der Waals surface area contributed by atoms with Gasteiger partial charge in [0.25, 0.3) is 5.91 Å². The van der Waals surface area contributed by atoms with E-state index in [0.717, 1.165) is 0 Å². The van der Waals surface area contributed by atoms with E-state index < -0.39 is 0 Å². The predicted octanol–water partition coefficient (Wildman–Crippen LogP) is 1.12. The van der Waals surface area contributed by atoms with Crippen molar-refractivity contribution >= 4 is 35.0 Å². The van der Waals surface area contributed by atoms with E-state index in [4.69, 9.17) is 16.3 Å². The standard InChI is InChI=1S/C20H27ClN4O4/c1-20(2,3)22-17(26)11-23-6-8-24(9-7-23)18(27)12-25-15-10-14(21)4-5-16(15)29-13-19(25)28/h4-5,10H,6-9,11-13H2,1-3H3,(H,22,26). The minimum Gasteiger partial charge on any atom is -0.482 e. The predicted molar refractivity (Wildman–Crippen MR) is 110 cm³/mol. The largest absolute Gasteiger partial charge is 0.482 e. The number of anilines is 1. The van der Waals surface area contributed by atoms with Gasteiger partial charge in [-0.25, -0.2) is 0 Å². The number of halogens is 1. The summed E-state index contributed by atoms with van der Waals surface area (Å²) in [5.41, 5.74) is 0.248. The Morgan fingerprint density at radius 2 is 1.83 bits per heavy atom. The average Bonchev–Trinajstić information content (AvgIpc) is 2.63. The van der Waals surface area contributed by atoms with Crippen molar-refractivity contribution in [3.05, 3.63) is 23.2 Å². The van der Waals surface area contributed by atoms with Crippen LogP contribution in [0.2, 0.25) is 5.02 Å². The van der Waals surface area contributed by atoms with Crippen molar-refractivity contribution in [3.8, 4) is 5.75 Å². The first kappa shape index (κ1) is 21.4. The monoisotopic (exact) mass is 422 g/mol. The first-order chi connectivity index (χ1) is 13.6. The highest BCUT2D eigenvalue weighted by Crippen LogP contribution is 2.34. The Bertz CT molecular complexity index is 800. The molecule has 2 aliphatic rings. The number of hydrogen-bond acceptors (Lipinski definition) is 5. The Morgan fingerprint density at radius 3 is 2.48 bits per heavy atom. The molecule has 0 unspecified atom stereocenters. The molecule has 0 atom stereocenters. The summed E-state index contributed by atoms with van der Waals surface area (Å²) in [4.78, 5) is 42.4. The Balaban J connectivity index is 1.55. The number of carbonyl (C=O) groups is 3. The second kappa shape index (κ2) is 8.59. The second-order valence-electron chi connectivity index (χ2n) is 8.34. The van der Waals surface area contributed by atoms with E-state index in [1.165, 1.54) is 4.90 Å². The molecule has 0 saturated carbocycles. The molecule has 1 N–H and O–H groups in total. The molecular weight excluding hydrogens is 396 g/mol. The van der Waals surface area contributed by atoms with Gasteiger partial charge in [0.1, 0.15) is 12.3 Å². The Labute approximate surface area is 175 Å². The number of fused-ring (bicyclic) bond motifs is 1. The zero-order valence-electron chi connectivity index (χ0n) is 17.0. The molecule has 3 amide bonds. The van der Waals surface area contributed by atoms with Crippen LogP contribution in [-0.2, 0) is 14.4 Å². The number of hydrogen-bond donors (Lipinski definition) is 1. The first-order valence-corrected chi connectivity index (χ1v) is 10.0. The number of nitrogens with zero attached hydrogens (tertiary/aromatic N) is 3. The molecule has 1 aromatic carbocycles. The molecule has 2 heterocycles. The van der Waals surface area contributed by atoms with Crippen LogP contribution in [0.25, 0.3) is 0 Å². The summed E-state index contributed by atoms with van der Waals surface area (Å²) in [5, 5.41) is 3.42. The highest BCUT2D eigenvalue weighted by molar-refractivity contribution is 6.31. The molecule has 0 aromatic heterocycles. The Hall–Kier alpha value is -2.32. The maximum absolute atomic E-state index is 12.8. The van der Waals surface area contributed by atoms with Gasteiger partial charge in [0.15, 0.2) is 6.61 Å². The van der Waals surface area contributed by atoms with E-state index >= 15 is 0 Å². The van der Waals surface area contributed by atoms with Crippen molar-refractivity contribution in [2.45, 2.75) is 26.3 Å². The number of rotatable bonds is 4. The van der Waals surface area contributed by atoms with Gasteiger partial charge >= 0.3 is 0 Å². The van der Waals surface area contributed by atoms with Crippen molar-refractivity contribution in [2.24, 2.45) is 0 Å². The highest BCUT2D eigenvalue weighted by Gasteiger charge is 2.30. The number of piperazine rings is 1. The van der Waals surface area contributed by atoms with Crippen LogP contribution in [0.4, 0.5) is 5.69 Å². The summed E-state index contributed by atoms with van der Waals surface area (Å²) >= 11 is 6.05. The summed E-state index contributed by atoms with van der Waals surface area (Å²) in [6, 6.07) is 5.02. The van der Waals surface area contributed by atoms with E-state index in [-0.39, 0.29) is 36.4 Å². The quantitative estimate of drug-likeness (QED) is 0.786. The molecule has 1 saturated heterocycles. The zero-order chi connectivity index (χ0) is 21.2. The molecule has 1 aromatic rings. The molecule has 29 heavy (non-hydrogen) atoms. The lowest BCUT2D eigenvalue weighted by atomic mass is 10.1. The minimum atomic E-state index is -0.273. The van der Waals surface area contributed by atoms with Crippen LogP contribution in [-0.4, -0.2) is 78.9 Å². The van der Waals surface area contributed by atoms with Crippen LogP contribution in [0, 0.1) is 0 Å².